The molecular weight excluding hydrogens is 560 g/mol. The summed E-state index contributed by atoms with van der Waals surface area (Å²) >= 11 is 0. The number of aryl methyl sites for hydroxylation is 1. The molecule has 5 aromatic carbocycles. The third-order valence-corrected chi connectivity index (χ3v) is 7.92. The van der Waals surface area contributed by atoms with E-state index in [2.05, 4.69) is 30.3 Å². The van der Waals surface area contributed by atoms with Crippen LogP contribution in [0.2, 0.25) is 0 Å². The number of rotatable bonds is 11. The molecule has 6 nitrogen and oxygen atoms in total. The summed E-state index contributed by atoms with van der Waals surface area (Å²) in [5.41, 5.74) is 1.78. The van der Waals surface area contributed by atoms with Crippen molar-refractivity contribution in [2.24, 2.45) is 0 Å². The van der Waals surface area contributed by atoms with Crippen LogP contribution >= 0.6 is 0 Å². The molecule has 0 bridgehead atoms. The summed E-state index contributed by atoms with van der Waals surface area (Å²) in [6, 6.07) is 30.9. The first-order valence-corrected chi connectivity index (χ1v) is 14.7. The summed E-state index contributed by atoms with van der Waals surface area (Å²) in [6.07, 6.45) is 0.611. The van der Waals surface area contributed by atoms with Crippen LogP contribution in [0.3, 0.4) is 0 Å². The van der Waals surface area contributed by atoms with Crippen molar-refractivity contribution in [1.29, 1.82) is 0 Å². The van der Waals surface area contributed by atoms with Gasteiger partial charge in [-0.3, -0.25) is 4.79 Å². The molecule has 1 amide bonds. The van der Waals surface area contributed by atoms with Gasteiger partial charge in [-0.05, 0) is 64.7 Å². The Morgan fingerprint density at radius 2 is 1.48 bits per heavy atom. The zero-order valence-corrected chi connectivity index (χ0v) is 23.2. The second-order valence-electron chi connectivity index (χ2n) is 9.57. The maximum absolute atomic E-state index is 13.5. The lowest BCUT2D eigenvalue weighted by Crippen LogP contribution is -2.30. The van der Waals surface area contributed by atoms with E-state index in [1.54, 1.807) is 18.2 Å². The van der Waals surface area contributed by atoms with Crippen LogP contribution in [0.25, 0.3) is 10.8 Å². The topological polar surface area (TPSA) is 81.7 Å². The second-order valence-corrected chi connectivity index (χ2v) is 11.3. The molecule has 0 unspecified atom stereocenters. The van der Waals surface area contributed by atoms with Crippen LogP contribution in [-0.2, 0) is 27.7 Å². The Balaban J connectivity index is 1.28. The number of carbonyl (C=O) groups is 1. The summed E-state index contributed by atoms with van der Waals surface area (Å²) in [6.45, 7) is 0.358. The van der Waals surface area contributed by atoms with Crippen LogP contribution in [0, 0.1) is 11.6 Å². The van der Waals surface area contributed by atoms with Crippen LogP contribution < -0.4 is 14.2 Å². The third kappa shape index (κ3) is 7.30. The molecule has 0 fully saturated rings. The Hall–Kier alpha value is -4.76. The number of hydrogen-bond acceptors (Lipinski definition) is 5. The van der Waals surface area contributed by atoms with Gasteiger partial charge in [-0.15, -0.1) is 0 Å². The highest BCUT2D eigenvalue weighted by molar-refractivity contribution is 7.90. The number of fused-ring (bicyclic) bond motifs is 1. The van der Waals surface area contributed by atoms with Crippen molar-refractivity contribution in [2.45, 2.75) is 24.2 Å². The highest BCUT2D eigenvalue weighted by Crippen LogP contribution is 2.30. The Morgan fingerprint density at radius 1 is 0.714 bits per heavy atom. The average molecular weight is 588 g/mol. The van der Waals surface area contributed by atoms with Gasteiger partial charge in [-0.25, -0.2) is 21.9 Å². The van der Waals surface area contributed by atoms with Crippen molar-refractivity contribution < 1.29 is 31.5 Å². The van der Waals surface area contributed by atoms with Crippen LogP contribution in [0.1, 0.15) is 17.5 Å². The zero-order valence-electron chi connectivity index (χ0n) is 22.4. The van der Waals surface area contributed by atoms with E-state index >= 15 is 0 Å². The number of sulfonamides is 1. The number of benzene rings is 5. The Labute approximate surface area is 242 Å². The van der Waals surface area contributed by atoms with Crippen molar-refractivity contribution in [2.75, 3.05) is 6.61 Å². The molecule has 0 atom stereocenters. The minimum absolute atomic E-state index is 0.163. The van der Waals surface area contributed by atoms with Crippen molar-refractivity contribution in [3.05, 3.63) is 132 Å². The zero-order chi connectivity index (χ0) is 29.5. The molecule has 0 heterocycles. The SMILES string of the molecule is O=C(CCc1ccc(Oc2ccccc2)cc1OCCc1ccc2ccccc2c1)NS(=O)(=O)c1ccc(F)c(F)c1. The maximum Gasteiger partial charge on any atom is 0.264 e. The van der Waals surface area contributed by atoms with Gasteiger partial charge in [0.15, 0.2) is 11.6 Å². The standard InChI is InChI=1S/C33H27F2NO5S/c34-30-16-15-29(22-31(30)35)42(38,39)36-33(37)17-13-25-12-14-28(41-27-8-2-1-3-9-27)21-32(25)40-19-18-23-10-11-24-6-4-5-7-26(24)20-23/h1-12,14-16,20-22H,13,17-19H2,(H,36,37). The Kier molecular flexibility index (Phi) is 8.78. The summed E-state index contributed by atoms with van der Waals surface area (Å²) in [7, 11) is -4.37. The molecule has 0 spiro atoms. The molecule has 5 aromatic rings. The number of hydrogen-bond donors (Lipinski definition) is 1. The van der Waals surface area contributed by atoms with E-state index in [-0.39, 0.29) is 12.8 Å². The number of amides is 1. The minimum atomic E-state index is -4.37. The molecule has 9 heteroatoms. The molecule has 0 aliphatic rings. The van der Waals surface area contributed by atoms with Gasteiger partial charge in [0.1, 0.15) is 17.2 Å². The average Bonchev–Trinajstić information content (AvgIpc) is 2.98. The number of carbonyl (C=O) groups excluding carboxylic acids is 1. The molecular formula is C33H27F2NO5S. The van der Waals surface area contributed by atoms with Crippen LogP contribution in [0.5, 0.6) is 17.2 Å². The molecule has 0 aliphatic carbocycles. The Morgan fingerprint density at radius 3 is 2.26 bits per heavy atom. The quantitative estimate of drug-likeness (QED) is 0.181. The maximum atomic E-state index is 13.5. The van der Waals surface area contributed by atoms with Gasteiger partial charge in [-0.1, -0.05) is 66.7 Å². The van der Waals surface area contributed by atoms with Gasteiger partial charge in [0.2, 0.25) is 5.91 Å². The first-order chi connectivity index (χ1) is 20.3. The largest absolute Gasteiger partial charge is 0.493 e. The van der Waals surface area contributed by atoms with Crippen molar-refractivity contribution in [1.82, 2.24) is 4.72 Å². The lowest BCUT2D eigenvalue weighted by atomic mass is 10.1. The number of ether oxygens (including phenoxy) is 2. The smallest absolute Gasteiger partial charge is 0.264 e. The van der Waals surface area contributed by atoms with Crippen LogP contribution in [0.15, 0.2) is 114 Å². The van der Waals surface area contributed by atoms with E-state index in [0.717, 1.165) is 22.4 Å². The van der Waals surface area contributed by atoms with Gasteiger partial charge < -0.3 is 9.47 Å². The highest BCUT2D eigenvalue weighted by Gasteiger charge is 2.20. The van der Waals surface area contributed by atoms with E-state index in [0.29, 0.717) is 48.0 Å². The van der Waals surface area contributed by atoms with E-state index in [1.807, 2.05) is 47.2 Å². The van der Waals surface area contributed by atoms with E-state index < -0.39 is 32.5 Å². The summed E-state index contributed by atoms with van der Waals surface area (Å²) in [5, 5.41) is 2.29. The van der Waals surface area contributed by atoms with Gasteiger partial charge in [0.05, 0.1) is 11.5 Å². The first kappa shape index (κ1) is 28.8. The normalized spacial score (nSPS) is 11.3. The predicted molar refractivity (Wildman–Crippen MR) is 156 cm³/mol. The summed E-state index contributed by atoms with van der Waals surface area (Å²) < 4.78 is 65.8. The lowest BCUT2D eigenvalue weighted by molar-refractivity contribution is -0.119. The Bertz CT molecular complexity index is 1830. The third-order valence-electron chi connectivity index (χ3n) is 6.55. The predicted octanol–water partition coefficient (Wildman–Crippen LogP) is 6.97. The summed E-state index contributed by atoms with van der Waals surface area (Å²) in [4.78, 5) is 12.0. The molecule has 0 aliphatic heterocycles. The number of nitrogens with one attached hydrogen (secondary N) is 1. The monoisotopic (exact) mass is 587 g/mol. The number of halogens is 2. The minimum Gasteiger partial charge on any atom is -0.493 e. The second kappa shape index (κ2) is 12.8. The van der Waals surface area contributed by atoms with Crippen molar-refractivity contribution in [3.8, 4) is 17.2 Å². The fraction of sp³-hybridized carbons (Fsp3) is 0.121. The van der Waals surface area contributed by atoms with Crippen molar-refractivity contribution in [3.63, 3.8) is 0 Å². The summed E-state index contributed by atoms with van der Waals surface area (Å²) in [5.74, 6) is -1.63. The fourth-order valence-electron chi connectivity index (χ4n) is 4.39. The van der Waals surface area contributed by atoms with Gasteiger partial charge in [-0.2, -0.15) is 0 Å². The lowest BCUT2D eigenvalue weighted by Gasteiger charge is -2.14. The number of para-hydroxylation sites is 1. The molecule has 0 saturated carbocycles. The van der Waals surface area contributed by atoms with Gasteiger partial charge in [0.25, 0.3) is 10.0 Å². The fourth-order valence-corrected chi connectivity index (χ4v) is 5.41. The molecule has 214 valence electrons. The molecule has 0 aromatic heterocycles. The van der Waals surface area contributed by atoms with Gasteiger partial charge >= 0.3 is 0 Å². The molecule has 5 rings (SSSR count). The first-order valence-electron chi connectivity index (χ1n) is 13.2. The highest BCUT2D eigenvalue weighted by atomic mass is 32.2. The van der Waals surface area contributed by atoms with Crippen LogP contribution in [0.4, 0.5) is 8.78 Å². The van der Waals surface area contributed by atoms with E-state index in [4.69, 9.17) is 9.47 Å². The molecule has 1 N–H and O–H groups in total. The van der Waals surface area contributed by atoms with E-state index in [9.17, 15) is 22.0 Å². The molecule has 0 radical (unpaired) electrons. The van der Waals surface area contributed by atoms with Crippen LogP contribution in [-0.4, -0.2) is 20.9 Å². The van der Waals surface area contributed by atoms with Gasteiger partial charge in [0, 0.05) is 18.9 Å². The van der Waals surface area contributed by atoms with E-state index in [1.165, 1.54) is 0 Å². The molecule has 42 heavy (non-hydrogen) atoms. The molecule has 0 saturated heterocycles. The van der Waals surface area contributed by atoms with Crippen molar-refractivity contribution >= 4 is 26.7 Å².